The van der Waals surface area contributed by atoms with E-state index in [4.69, 9.17) is 0 Å². The summed E-state index contributed by atoms with van der Waals surface area (Å²) in [6.45, 7) is 13.3. The van der Waals surface area contributed by atoms with Crippen molar-refractivity contribution in [2.75, 3.05) is 26.2 Å². The molecule has 0 aliphatic heterocycles. The summed E-state index contributed by atoms with van der Waals surface area (Å²) in [5, 5.41) is 3.83. The normalized spacial score (nSPS) is 16.4. The molecule has 1 aliphatic rings. The summed E-state index contributed by atoms with van der Waals surface area (Å²) in [5.74, 6) is 1.36. The lowest BCUT2D eigenvalue weighted by Crippen LogP contribution is -2.51. The Morgan fingerprint density at radius 1 is 1.00 bits per heavy atom. The van der Waals surface area contributed by atoms with Crippen LogP contribution in [0.25, 0.3) is 0 Å². The van der Waals surface area contributed by atoms with E-state index in [0.717, 1.165) is 26.2 Å². The summed E-state index contributed by atoms with van der Waals surface area (Å²) in [5.41, 5.74) is 0. The van der Waals surface area contributed by atoms with E-state index in [-0.39, 0.29) is 0 Å². The Morgan fingerprint density at radius 3 is 2.00 bits per heavy atom. The maximum Gasteiger partial charge on any atom is 0.348 e. The molecule has 0 aromatic heterocycles. The van der Waals surface area contributed by atoms with Crippen LogP contribution < -0.4 is 5.32 Å². The van der Waals surface area contributed by atoms with Crippen LogP contribution in [0.1, 0.15) is 59.8 Å². The standard InChI is InChI=1S/C15H31N3/c1-5-17(6-2)15(18(7-3)8-4)16-14-12-10-9-11-13-14/h14H,5-13H2,1-4H3/p+1. The SMILES string of the molecule is CCN(CC)C(NC1CCCCC1)=[N+](CC)CC. The van der Waals surface area contributed by atoms with Gasteiger partial charge in [0.15, 0.2) is 0 Å². The van der Waals surface area contributed by atoms with Gasteiger partial charge in [-0.3, -0.25) is 14.8 Å². The molecule has 1 rings (SSSR count). The van der Waals surface area contributed by atoms with Crippen molar-refractivity contribution in [3.05, 3.63) is 0 Å². The maximum absolute atomic E-state index is 3.83. The molecule has 0 aromatic rings. The van der Waals surface area contributed by atoms with E-state index in [0.29, 0.717) is 6.04 Å². The summed E-state index contributed by atoms with van der Waals surface area (Å²) in [6.07, 6.45) is 6.88. The van der Waals surface area contributed by atoms with E-state index in [2.05, 4.69) is 42.5 Å². The lowest BCUT2D eigenvalue weighted by molar-refractivity contribution is -0.528. The zero-order valence-electron chi connectivity index (χ0n) is 12.8. The van der Waals surface area contributed by atoms with Crippen LogP contribution in [0.15, 0.2) is 0 Å². The van der Waals surface area contributed by atoms with Crippen molar-refractivity contribution >= 4 is 5.96 Å². The summed E-state index contributed by atoms with van der Waals surface area (Å²) in [7, 11) is 0. The second-order valence-corrected chi connectivity index (χ2v) is 5.15. The van der Waals surface area contributed by atoms with E-state index in [1.807, 2.05) is 0 Å². The Hall–Kier alpha value is -0.730. The van der Waals surface area contributed by atoms with Gasteiger partial charge in [0.2, 0.25) is 0 Å². The summed E-state index contributed by atoms with van der Waals surface area (Å²) in [6, 6.07) is 0.690. The van der Waals surface area contributed by atoms with Crippen molar-refractivity contribution in [1.82, 2.24) is 10.2 Å². The predicted octanol–water partition coefficient (Wildman–Crippen LogP) is 2.66. The Bertz CT molecular complexity index is 244. The molecule has 0 heterocycles. The number of hydrogen-bond acceptors (Lipinski definition) is 0. The van der Waals surface area contributed by atoms with Gasteiger partial charge in [-0.05, 0) is 40.5 Å². The number of nitrogens with one attached hydrogen (secondary N) is 1. The zero-order chi connectivity index (χ0) is 13.4. The van der Waals surface area contributed by atoms with Crippen LogP contribution in [0.5, 0.6) is 0 Å². The molecular weight excluding hydrogens is 222 g/mol. The molecule has 1 saturated carbocycles. The third-order valence-electron chi connectivity index (χ3n) is 4.06. The number of nitrogens with zero attached hydrogens (tertiary/aromatic N) is 2. The molecule has 18 heavy (non-hydrogen) atoms. The fraction of sp³-hybridized carbons (Fsp3) is 0.933. The van der Waals surface area contributed by atoms with Gasteiger partial charge in [-0.25, -0.2) is 0 Å². The largest absolute Gasteiger partial charge is 0.348 e. The molecule has 1 N–H and O–H groups in total. The van der Waals surface area contributed by atoms with Crippen LogP contribution in [-0.2, 0) is 0 Å². The molecule has 0 spiro atoms. The van der Waals surface area contributed by atoms with Gasteiger partial charge in [0.1, 0.15) is 0 Å². The van der Waals surface area contributed by atoms with Gasteiger partial charge in [-0.15, -0.1) is 0 Å². The first kappa shape index (κ1) is 15.3. The average Bonchev–Trinajstić information content (AvgIpc) is 2.42. The van der Waals surface area contributed by atoms with Crippen LogP contribution in [0, 0.1) is 0 Å². The lowest BCUT2D eigenvalue weighted by atomic mass is 9.96. The van der Waals surface area contributed by atoms with Crippen molar-refractivity contribution in [1.29, 1.82) is 0 Å². The average molecular weight is 254 g/mol. The van der Waals surface area contributed by atoms with Gasteiger partial charge in [0.25, 0.3) is 0 Å². The molecule has 0 aromatic carbocycles. The molecule has 0 bridgehead atoms. The molecule has 106 valence electrons. The predicted molar refractivity (Wildman–Crippen MR) is 79.3 cm³/mol. The van der Waals surface area contributed by atoms with Crippen LogP contribution in [0.3, 0.4) is 0 Å². The Balaban J connectivity index is 2.78. The van der Waals surface area contributed by atoms with Crippen molar-refractivity contribution < 1.29 is 4.58 Å². The van der Waals surface area contributed by atoms with Crippen molar-refractivity contribution in [2.24, 2.45) is 0 Å². The summed E-state index contributed by atoms with van der Waals surface area (Å²) < 4.78 is 2.46. The highest BCUT2D eigenvalue weighted by atomic mass is 15.3. The van der Waals surface area contributed by atoms with Gasteiger partial charge in [0.05, 0.1) is 32.2 Å². The minimum absolute atomic E-state index is 0.690. The van der Waals surface area contributed by atoms with Gasteiger partial charge in [0, 0.05) is 0 Å². The van der Waals surface area contributed by atoms with Crippen LogP contribution in [0.4, 0.5) is 0 Å². The molecule has 3 nitrogen and oxygen atoms in total. The number of guanidine groups is 1. The van der Waals surface area contributed by atoms with E-state index < -0.39 is 0 Å². The molecule has 0 atom stereocenters. The van der Waals surface area contributed by atoms with E-state index in [9.17, 15) is 0 Å². The van der Waals surface area contributed by atoms with E-state index >= 15 is 0 Å². The first-order valence-corrected chi connectivity index (χ1v) is 7.90. The van der Waals surface area contributed by atoms with Gasteiger partial charge >= 0.3 is 5.96 Å². The lowest BCUT2D eigenvalue weighted by Gasteiger charge is -2.26. The van der Waals surface area contributed by atoms with Gasteiger partial charge in [-0.1, -0.05) is 19.3 Å². The van der Waals surface area contributed by atoms with Crippen LogP contribution in [0.2, 0.25) is 0 Å². The Kier molecular flexibility index (Phi) is 7.14. The molecule has 1 aliphatic carbocycles. The van der Waals surface area contributed by atoms with Crippen LogP contribution in [-0.4, -0.2) is 47.7 Å². The third-order valence-corrected chi connectivity index (χ3v) is 4.06. The molecule has 0 saturated heterocycles. The molecule has 3 heteroatoms. The molecule has 0 radical (unpaired) electrons. The van der Waals surface area contributed by atoms with E-state index in [1.165, 1.54) is 38.1 Å². The Labute approximate surface area is 113 Å². The second kappa shape index (κ2) is 8.39. The van der Waals surface area contributed by atoms with Crippen molar-refractivity contribution in [2.45, 2.75) is 65.8 Å². The topological polar surface area (TPSA) is 18.3 Å². The van der Waals surface area contributed by atoms with Gasteiger partial charge in [-0.2, -0.15) is 0 Å². The number of hydrogen-bond donors (Lipinski definition) is 1. The molecule has 1 fully saturated rings. The van der Waals surface area contributed by atoms with Crippen molar-refractivity contribution in [3.63, 3.8) is 0 Å². The first-order chi connectivity index (χ1) is 8.76. The second-order valence-electron chi connectivity index (χ2n) is 5.15. The highest BCUT2D eigenvalue weighted by Gasteiger charge is 2.24. The third kappa shape index (κ3) is 4.18. The smallest absolute Gasteiger partial charge is 0.275 e. The van der Waals surface area contributed by atoms with Crippen molar-refractivity contribution in [3.8, 4) is 0 Å². The molecular formula is C15H32N3+. The summed E-state index contributed by atoms with van der Waals surface area (Å²) >= 11 is 0. The van der Waals surface area contributed by atoms with Gasteiger partial charge < -0.3 is 0 Å². The van der Waals surface area contributed by atoms with Crippen LogP contribution >= 0.6 is 0 Å². The highest BCUT2D eigenvalue weighted by molar-refractivity contribution is 5.75. The molecule has 0 unspecified atom stereocenters. The monoisotopic (exact) mass is 254 g/mol. The maximum atomic E-state index is 3.83. The Morgan fingerprint density at radius 2 is 1.56 bits per heavy atom. The minimum atomic E-state index is 0.690. The fourth-order valence-corrected chi connectivity index (χ4v) is 2.86. The quantitative estimate of drug-likeness (QED) is 0.462. The minimum Gasteiger partial charge on any atom is -0.275 e. The zero-order valence-corrected chi connectivity index (χ0v) is 12.8. The highest BCUT2D eigenvalue weighted by Crippen LogP contribution is 2.17. The molecule has 0 amide bonds. The number of rotatable bonds is 5. The summed E-state index contributed by atoms with van der Waals surface area (Å²) in [4.78, 5) is 2.46. The first-order valence-electron chi connectivity index (χ1n) is 7.90. The van der Waals surface area contributed by atoms with E-state index in [1.54, 1.807) is 0 Å². The fourth-order valence-electron chi connectivity index (χ4n) is 2.86.